The molecule has 0 amide bonds. The summed E-state index contributed by atoms with van der Waals surface area (Å²) >= 11 is 0. The number of benzene rings is 1. The van der Waals surface area contributed by atoms with Crippen molar-refractivity contribution in [2.24, 2.45) is 0 Å². The first-order valence-electron chi connectivity index (χ1n) is 8.04. The monoisotopic (exact) mass is 380 g/mol. The smallest absolute Gasteiger partial charge is 0.471 e. The predicted octanol–water partition coefficient (Wildman–Crippen LogP) is 4.14. The van der Waals surface area contributed by atoms with Crippen molar-refractivity contribution < 1.29 is 26.8 Å². The fraction of sp³-hybridized carbons (Fsp3) is 0.294. The van der Waals surface area contributed by atoms with E-state index in [4.69, 9.17) is 4.74 Å². The van der Waals surface area contributed by atoms with E-state index < -0.39 is 23.7 Å². The number of aromatic nitrogens is 4. The van der Waals surface area contributed by atoms with Crippen molar-refractivity contribution in [3.63, 3.8) is 0 Å². The van der Waals surface area contributed by atoms with Gasteiger partial charge in [-0.3, -0.25) is 0 Å². The number of ether oxygens (including phenoxy) is 1. The predicted molar refractivity (Wildman–Crippen MR) is 83.0 cm³/mol. The average molecular weight is 380 g/mol. The maximum absolute atomic E-state index is 14.2. The molecule has 2 heterocycles. The molecule has 0 unspecified atom stereocenters. The van der Waals surface area contributed by atoms with Gasteiger partial charge in [0.15, 0.2) is 5.75 Å². The molecule has 1 aromatic carbocycles. The highest BCUT2D eigenvalue weighted by atomic mass is 19.4. The quantitative estimate of drug-likeness (QED) is 0.620. The maximum atomic E-state index is 14.2. The van der Waals surface area contributed by atoms with Gasteiger partial charge in [-0.05, 0) is 30.5 Å². The lowest BCUT2D eigenvalue weighted by molar-refractivity contribution is -0.159. The Bertz CT molecular complexity index is 952. The van der Waals surface area contributed by atoms with Crippen LogP contribution in [0.1, 0.15) is 36.0 Å². The minimum Gasteiger partial charge on any atom is -0.486 e. The van der Waals surface area contributed by atoms with Crippen molar-refractivity contribution in [2.75, 3.05) is 0 Å². The van der Waals surface area contributed by atoms with Crippen molar-refractivity contribution in [1.29, 1.82) is 0 Å². The van der Waals surface area contributed by atoms with E-state index in [1.807, 2.05) is 0 Å². The molecule has 0 radical (unpaired) electrons. The molecule has 1 aliphatic carbocycles. The number of alkyl halides is 3. The minimum atomic E-state index is -4.79. The van der Waals surface area contributed by atoms with Crippen molar-refractivity contribution in [3.8, 4) is 17.1 Å². The highest BCUT2D eigenvalue weighted by Crippen LogP contribution is 2.37. The van der Waals surface area contributed by atoms with Crippen LogP contribution in [0.2, 0.25) is 0 Å². The van der Waals surface area contributed by atoms with E-state index in [1.54, 1.807) is 12.4 Å². The first-order chi connectivity index (χ1) is 12.9. The molecule has 0 aliphatic heterocycles. The summed E-state index contributed by atoms with van der Waals surface area (Å²) in [6.07, 6.45) is 0.521. The lowest BCUT2D eigenvalue weighted by Crippen LogP contribution is -2.05. The van der Waals surface area contributed by atoms with Crippen LogP contribution < -0.4 is 4.74 Å². The number of halogens is 4. The van der Waals surface area contributed by atoms with Gasteiger partial charge in [0.2, 0.25) is 5.82 Å². The fourth-order valence-electron chi connectivity index (χ4n) is 2.40. The molecule has 1 fully saturated rings. The molecule has 0 bridgehead atoms. The Labute approximate surface area is 150 Å². The van der Waals surface area contributed by atoms with Crippen LogP contribution in [-0.2, 0) is 12.8 Å². The molecule has 0 atom stereocenters. The Morgan fingerprint density at radius 2 is 1.89 bits per heavy atom. The van der Waals surface area contributed by atoms with Crippen LogP contribution in [0.15, 0.2) is 35.1 Å². The Kier molecular flexibility index (Phi) is 4.25. The van der Waals surface area contributed by atoms with E-state index in [-0.39, 0.29) is 12.2 Å². The number of nitrogens with zero attached hydrogens (tertiary/aromatic N) is 4. The van der Waals surface area contributed by atoms with Gasteiger partial charge in [-0.2, -0.15) is 18.2 Å². The second kappa shape index (κ2) is 6.60. The molecule has 0 spiro atoms. The zero-order valence-corrected chi connectivity index (χ0v) is 13.7. The van der Waals surface area contributed by atoms with Crippen LogP contribution in [0.25, 0.3) is 11.4 Å². The van der Waals surface area contributed by atoms with Gasteiger partial charge in [-0.1, -0.05) is 11.2 Å². The SMILES string of the molecule is Fc1cc(COc2cnc(C3CC3)nc2)ccc1-c1noc(C(F)(F)F)n1. The van der Waals surface area contributed by atoms with Crippen molar-refractivity contribution >= 4 is 0 Å². The van der Waals surface area contributed by atoms with Crippen LogP contribution in [0.4, 0.5) is 17.6 Å². The molecule has 27 heavy (non-hydrogen) atoms. The van der Waals surface area contributed by atoms with Gasteiger partial charge in [0.1, 0.15) is 18.2 Å². The molecule has 10 heteroatoms. The van der Waals surface area contributed by atoms with Gasteiger partial charge in [-0.25, -0.2) is 14.4 Å². The lowest BCUT2D eigenvalue weighted by Gasteiger charge is -2.07. The summed E-state index contributed by atoms with van der Waals surface area (Å²) in [7, 11) is 0. The van der Waals surface area contributed by atoms with Gasteiger partial charge >= 0.3 is 12.1 Å². The highest BCUT2D eigenvalue weighted by Gasteiger charge is 2.38. The number of rotatable bonds is 5. The Morgan fingerprint density at radius 3 is 2.48 bits per heavy atom. The normalized spacial score (nSPS) is 14.4. The molecule has 6 nitrogen and oxygen atoms in total. The van der Waals surface area contributed by atoms with E-state index in [0.29, 0.717) is 17.2 Å². The molecule has 140 valence electrons. The van der Waals surface area contributed by atoms with E-state index in [2.05, 4.69) is 24.6 Å². The highest BCUT2D eigenvalue weighted by molar-refractivity contribution is 5.55. The topological polar surface area (TPSA) is 73.9 Å². The van der Waals surface area contributed by atoms with Crippen LogP contribution in [-0.4, -0.2) is 20.1 Å². The third-order valence-electron chi connectivity index (χ3n) is 3.94. The summed E-state index contributed by atoms with van der Waals surface area (Å²) in [5.41, 5.74) is 0.275. The summed E-state index contributed by atoms with van der Waals surface area (Å²) in [6, 6.07) is 3.91. The molecular formula is C17H12F4N4O2. The summed E-state index contributed by atoms with van der Waals surface area (Å²) in [6.45, 7) is 0.0450. The van der Waals surface area contributed by atoms with Crippen LogP contribution in [0.3, 0.4) is 0 Å². The van der Waals surface area contributed by atoms with Crippen molar-refractivity contribution in [1.82, 2.24) is 20.1 Å². The van der Waals surface area contributed by atoms with Gasteiger partial charge < -0.3 is 9.26 Å². The Hall–Kier alpha value is -3.04. The number of hydrogen-bond acceptors (Lipinski definition) is 6. The van der Waals surface area contributed by atoms with Gasteiger partial charge in [0.05, 0.1) is 18.0 Å². The molecular weight excluding hydrogens is 368 g/mol. The van der Waals surface area contributed by atoms with E-state index >= 15 is 0 Å². The van der Waals surface area contributed by atoms with E-state index in [9.17, 15) is 17.6 Å². The molecule has 1 saturated carbocycles. The van der Waals surface area contributed by atoms with Crippen molar-refractivity contribution in [2.45, 2.75) is 31.5 Å². The molecule has 2 aromatic heterocycles. The van der Waals surface area contributed by atoms with Gasteiger partial charge in [-0.15, -0.1) is 0 Å². The summed E-state index contributed by atoms with van der Waals surface area (Å²) in [5.74, 6) is -1.13. The molecule has 4 rings (SSSR count). The minimum absolute atomic E-state index is 0.0450. The Morgan fingerprint density at radius 1 is 1.15 bits per heavy atom. The Balaban J connectivity index is 1.44. The van der Waals surface area contributed by atoms with Crippen LogP contribution >= 0.6 is 0 Å². The first kappa shape index (κ1) is 17.4. The number of hydrogen-bond donors (Lipinski definition) is 0. The summed E-state index contributed by atoms with van der Waals surface area (Å²) in [4.78, 5) is 11.6. The zero-order chi connectivity index (χ0) is 19.0. The largest absolute Gasteiger partial charge is 0.486 e. The van der Waals surface area contributed by atoms with Crippen molar-refractivity contribution in [3.05, 3.63) is 53.7 Å². The van der Waals surface area contributed by atoms with Crippen LogP contribution in [0, 0.1) is 5.82 Å². The summed E-state index contributed by atoms with van der Waals surface area (Å²) < 4.78 is 61.3. The van der Waals surface area contributed by atoms with Gasteiger partial charge in [0.25, 0.3) is 0 Å². The third kappa shape index (κ3) is 3.88. The van der Waals surface area contributed by atoms with Gasteiger partial charge in [0, 0.05) is 5.92 Å². The maximum Gasteiger partial charge on any atom is 0.471 e. The standard InChI is InChI=1S/C17H12F4N4O2/c18-13-5-9(8-26-11-6-22-14(23-7-11)10-2-3-10)1-4-12(13)15-24-16(27-25-15)17(19,20)21/h1,4-7,10H,2-3,8H2. The van der Waals surface area contributed by atoms with E-state index in [0.717, 1.165) is 24.7 Å². The second-order valence-corrected chi connectivity index (χ2v) is 6.08. The second-order valence-electron chi connectivity index (χ2n) is 6.08. The molecule has 1 aliphatic rings. The first-order valence-corrected chi connectivity index (χ1v) is 8.04. The molecule has 3 aromatic rings. The summed E-state index contributed by atoms with van der Waals surface area (Å²) in [5, 5.41) is 3.17. The van der Waals surface area contributed by atoms with Crippen LogP contribution in [0.5, 0.6) is 5.75 Å². The third-order valence-corrected chi connectivity index (χ3v) is 3.94. The van der Waals surface area contributed by atoms with E-state index in [1.165, 1.54) is 12.1 Å². The fourth-order valence-corrected chi connectivity index (χ4v) is 2.40. The molecule has 0 N–H and O–H groups in total. The zero-order valence-electron chi connectivity index (χ0n) is 13.7. The molecule has 0 saturated heterocycles. The average Bonchev–Trinajstić information content (AvgIpc) is 3.36. The lowest BCUT2D eigenvalue weighted by atomic mass is 10.1.